The van der Waals surface area contributed by atoms with Gasteiger partial charge in [0.2, 0.25) is 0 Å². The summed E-state index contributed by atoms with van der Waals surface area (Å²) in [7, 11) is 0. The molecule has 0 spiro atoms. The number of benzene rings is 1. The summed E-state index contributed by atoms with van der Waals surface area (Å²) in [5, 5.41) is 3.30. The predicted octanol–water partition coefficient (Wildman–Crippen LogP) is 4.07. The molecule has 2 nitrogen and oxygen atoms in total. The summed E-state index contributed by atoms with van der Waals surface area (Å²) in [6.07, 6.45) is 5.32. The van der Waals surface area contributed by atoms with E-state index in [4.69, 9.17) is 0 Å². The van der Waals surface area contributed by atoms with Gasteiger partial charge < -0.3 is 0 Å². The summed E-state index contributed by atoms with van der Waals surface area (Å²) < 4.78 is 0. The van der Waals surface area contributed by atoms with Gasteiger partial charge in [0.25, 0.3) is 0 Å². The van der Waals surface area contributed by atoms with Crippen LogP contribution in [0.2, 0.25) is 0 Å². The molecule has 1 aromatic carbocycles. The second kappa shape index (κ2) is 4.08. The molecule has 0 saturated heterocycles. The second-order valence-electron chi connectivity index (χ2n) is 4.07. The SMILES string of the molecule is C=Cc1ccc2ccc3c(C=C)nccc3c2n1. The van der Waals surface area contributed by atoms with E-state index >= 15 is 0 Å². The van der Waals surface area contributed by atoms with Crippen molar-refractivity contribution in [3.63, 3.8) is 0 Å². The van der Waals surface area contributed by atoms with Crippen molar-refractivity contribution in [1.29, 1.82) is 0 Å². The Kier molecular flexibility index (Phi) is 2.41. The monoisotopic (exact) mass is 232 g/mol. The molecule has 0 amide bonds. The van der Waals surface area contributed by atoms with Crippen LogP contribution in [0.5, 0.6) is 0 Å². The van der Waals surface area contributed by atoms with Gasteiger partial charge in [-0.3, -0.25) is 4.98 Å². The number of fused-ring (bicyclic) bond motifs is 3. The van der Waals surface area contributed by atoms with Crippen LogP contribution in [0.25, 0.3) is 33.8 Å². The summed E-state index contributed by atoms with van der Waals surface area (Å²) in [4.78, 5) is 8.93. The molecular formula is C16H12N2. The van der Waals surface area contributed by atoms with Gasteiger partial charge in [-0.1, -0.05) is 31.4 Å². The summed E-state index contributed by atoms with van der Waals surface area (Å²) in [6, 6.07) is 10.2. The average Bonchev–Trinajstić information content (AvgIpc) is 2.45. The minimum absolute atomic E-state index is 0.881. The van der Waals surface area contributed by atoms with E-state index in [1.165, 1.54) is 0 Å². The Morgan fingerprint density at radius 2 is 1.72 bits per heavy atom. The lowest BCUT2D eigenvalue weighted by Crippen LogP contribution is -1.88. The Labute approximate surface area is 105 Å². The van der Waals surface area contributed by atoms with Crippen LogP contribution in [0, 0.1) is 0 Å². The van der Waals surface area contributed by atoms with E-state index < -0.39 is 0 Å². The molecule has 0 saturated carbocycles. The lowest BCUT2D eigenvalue weighted by atomic mass is 10.1. The molecule has 2 heterocycles. The van der Waals surface area contributed by atoms with Gasteiger partial charge in [0.05, 0.1) is 16.9 Å². The molecule has 0 bridgehead atoms. The smallest absolute Gasteiger partial charge is 0.0788 e. The van der Waals surface area contributed by atoms with E-state index in [9.17, 15) is 0 Å². The fourth-order valence-electron chi connectivity index (χ4n) is 2.16. The first-order valence-electron chi connectivity index (χ1n) is 5.77. The zero-order valence-electron chi connectivity index (χ0n) is 9.93. The Morgan fingerprint density at radius 1 is 0.889 bits per heavy atom. The fraction of sp³-hybridized carbons (Fsp3) is 0. The van der Waals surface area contributed by atoms with Crippen LogP contribution in [-0.2, 0) is 0 Å². The third-order valence-corrected chi connectivity index (χ3v) is 3.06. The van der Waals surface area contributed by atoms with Crippen LogP contribution in [-0.4, -0.2) is 9.97 Å². The number of pyridine rings is 2. The van der Waals surface area contributed by atoms with Crippen molar-refractivity contribution in [2.24, 2.45) is 0 Å². The van der Waals surface area contributed by atoms with Gasteiger partial charge in [0.15, 0.2) is 0 Å². The van der Waals surface area contributed by atoms with Crippen molar-refractivity contribution in [3.05, 3.63) is 61.1 Å². The molecule has 0 unspecified atom stereocenters. The van der Waals surface area contributed by atoms with E-state index in [2.05, 4.69) is 41.3 Å². The van der Waals surface area contributed by atoms with Gasteiger partial charge in [0, 0.05) is 22.4 Å². The number of nitrogens with zero attached hydrogens (tertiary/aromatic N) is 2. The van der Waals surface area contributed by atoms with Gasteiger partial charge in [-0.2, -0.15) is 0 Å². The molecule has 0 atom stereocenters. The van der Waals surface area contributed by atoms with Crippen LogP contribution in [0.15, 0.2) is 49.7 Å². The molecule has 86 valence electrons. The van der Waals surface area contributed by atoms with Gasteiger partial charge in [-0.15, -0.1) is 0 Å². The minimum atomic E-state index is 0.881. The molecule has 0 aliphatic heterocycles. The Balaban J connectivity index is 2.51. The fourth-order valence-corrected chi connectivity index (χ4v) is 2.16. The number of hydrogen-bond donors (Lipinski definition) is 0. The predicted molar refractivity (Wildman–Crippen MR) is 77.2 cm³/mol. The van der Waals surface area contributed by atoms with E-state index in [1.54, 1.807) is 18.3 Å². The highest BCUT2D eigenvalue weighted by Crippen LogP contribution is 2.26. The lowest BCUT2D eigenvalue weighted by Gasteiger charge is -2.06. The Hall–Kier alpha value is -2.48. The summed E-state index contributed by atoms with van der Waals surface area (Å²) in [6.45, 7) is 7.56. The average molecular weight is 232 g/mol. The van der Waals surface area contributed by atoms with E-state index in [-0.39, 0.29) is 0 Å². The number of rotatable bonds is 2. The first kappa shape index (κ1) is 10.7. The minimum Gasteiger partial charge on any atom is -0.256 e. The zero-order chi connectivity index (χ0) is 12.5. The van der Waals surface area contributed by atoms with Crippen molar-refractivity contribution >= 4 is 33.8 Å². The second-order valence-corrected chi connectivity index (χ2v) is 4.07. The lowest BCUT2D eigenvalue weighted by molar-refractivity contribution is 1.33. The van der Waals surface area contributed by atoms with E-state index in [0.717, 1.165) is 33.1 Å². The normalized spacial score (nSPS) is 10.7. The molecule has 0 aliphatic carbocycles. The largest absolute Gasteiger partial charge is 0.256 e. The highest BCUT2D eigenvalue weighted by molar-refractivity contribution is 6.07. The maximum absolute atomic E-state index is 4.62. The van der Waals surface area contributed by atoms with Gasteiger partial charge in [0.1, 0.15) is 0 Å². The van der Waals surface area contributed by atoms with Crippen molar-refractivity contribution in [3.8, 4) is 0 Å². The first-order chi connectivity index (χ1) is 8.83. The summed E-state index contributed by atoms with van der Waals surface area (Å²) in [5.41, 5.74) is 2.75. The molecule has 0 radical (unpaired) electrons. The molecular weight excluding hydrogens is 220 g/mol. The summed E-state index contributed by atoms with van der Waals surface area (Å²) in [5.74, 6) is 0. The van der Waals surface area contributed by atoms with Gasteiger partial charge >= 0.3 is 0 Å². The highest BCUT2D eigenvalue weighted by atomic mass is 14.7. The van der Waals surface area contributed by atoms with E-state index in [1.807, 2.05) is 12.1 Å². The third-order valence-electron chi connectivity index (χ3n) is 3.06. The van der Waals surface area contributed by atoms with Crippen LogP contribution in [0.4, 0.5) is 0 Å². The zero-order valence-corrected chi connectivity index (χ0v) is 9.93. The van der Waals surface area contributed by atoms with Crippen molar-refractivity contribution in [2.45, 2.75) is 0 Å². The van der Waals surface area contributed by atoms with Crippen LogP contribution in [0.1, 0.15) is 11.4 Å². The number of hydrogen-bond acceptors (Lipinski definition) is 2. The van der Waals surface area contributed by atoms with Crippen LogP contribution >= 0.6 is 0 Å². The quantitative estimate of drug-likeness (QED) is 0.622. The standard InChI is InChI=1S/C16H12N2/c1-3-12-7-5-11-6-8-13-14(16(11)18-12)9-10-17-15(13)4-2/h3-10H,1-2H2. The molecule has 2 heteroatoms. The first-order valence-corrected chi connectivity index (χ1v) is 5.77. The molecule has 2 aromatic heterocycles. The maximum atomic E-state index is 4.62. The Morgan fingerprint density at radius 3 is 2.50 bits per heavy atom. The van der Waals surface area contributed by atoms with Crippen LogP contribution in [0.3, 0.4) is 0 Å². The van der Waals surface area contributed by atoms with Crippen molar-refractivity contribution < 1.29 is 0 Å². The number of aromatic nitrogens is 2. The maximum Gasteiger partial charge on any atom is 0.0788 e. The molecule has 3 aromatic rings. The third kappa shape index (κ3) is 1.51. The molecule has 0 N–H and O–H groups in total. The van der Waals surface area contributed by atoms with Crippen molar-refractivity contribution in [1.82, 2.24) is 9.97 Å². The topological polar surface area (TPSA) is 25.8 Å². The van der Waals surface area contributed by atoms with Gasteiger partial charge in [-0.05, 0) is 24.3 Å². The van der Waals surface area contributed by atoms with Crippen molar-refractivity contribution in [2.75, 3.05) is 0 Å². The molecule has 0 aliphatic rings. The molecule has 18 heavy (non-hydrogen) atoms. The molecule has 0 fully saturated rings. The Bertz CT molecular complexity index is 772. The summed E-state index contributed by atoms with van der Waals surface area (Å²) >= 11 is 0. The highest BCUT2D eigenvalue weighted by Gasteiger charge is 2.05. The van der Waals surface area contributed by atoms with E-state index in [0.29, 0.717) is 0 Å². The van der Waals surface area contributed by atoms with Gasteiger partial charge in [-0.25, -0.2) is 4.98 Å². The molecule has 3 rings (SSSR count). The van der Waals surface area contributed by atoms with Crippen LogP contribution < -0.4 is 0 Å².